The Balaban J connectivity index is 2.33. The number of aliphatic hydroxyl groups excluding tert-OH is 1. The number of methoxy groups -OCH3 is 1. The molecule has 18 heavy (non-hydrogen) atoms. The number of para-hydroxylation sites is 2. The van der Waals surface area contributed by atoms with Crippen molar-refractivity contribution in [2.24, 2.45) is 0 Å². The predicted octanol–water partition coefficient (Wildman–Crippen LogP) is 3.74. The van der Waals surface area contributed by atoms with Gasteiger partial charge in [0.2, 0.25) is 0 Å². The highest BCUT2D eigenvalue weighted by atomic mass is 79.9. The van der Waals surface area contributed by atoms with Crippen molar-refractivity contribution in [1.29, 1.82) is 0 Å². The first kappa shape index (κ1) is 12.9. The average Bonchev–Trinajstić information content (AvgIpc) is 2.41. The van der Waals surface area contributed by atoms with Crippen molar-refractivity contribution in [3.63, 3.8) is 0 Å². The van der Waals surface area contributed by atoms with Gasteiger partial charge in [-0.2, -0.15) is 0 Å². The minimum Gasteiger partial charge on any atom is -0.493 e. The third kappa shape index (κ3) is 2.83. The van der Waals surface area contributed by atoms with Crippen LogP contribution in [0.5, 0.6) is 17.2 Å². The van der Waals surface area contributed by atoms with E-state index in [4.69, 9.17) is 9.47 Å². The molecule has 0 saturated heterocycles. The molecule has 0 heterocycles. The van der Waals surface area contributed by atoms with Gasteiger partial charge in [-0.25, -0.2) is 0 Å². The summed E-state index contributed by atoms with van der Waals surface area (Å²) in [6.45, 7) is -0.0794. The van der Waals surface area contributed by atoms with Gasteiger partial charge in [-0.05, 0) is 30.3 Å². The second kappa shape index (κ2) is 5.89. The van der Waals surface area contributed by atoms with Gasteiger partial charge in [0.25, 0.3) is 0 Å². The molecule has 0 aromatic heterocycles. The Morgan fingerprint density at radius 1 is 1.06 bits per heavy atom. The molecular weight excluding hydrogens is 296 g/mol. The zero-order chi connectivity index (χ0) is 13.0. The normalized spacial score (nSPS) is 10.2. The summed E-state index contributed by atoms with van der Waals surface area (Å²) in [5.41, 5.74) is 0.718. The highest BCUT2D eigenvalue weighted by molar-refractivity contribution is 9.10. The molecule has 0 saturated carbocycles. The van der Waals surface area contributed by atoms with E-state index in [1.807, 2.05) is 42.5 Å². The maximum absolute atomic E-state index is 9.32. The Labute approximate surface area is 114 Å². The van der Waals surface area contributed by atoms with Crippen LogP contribution in [0.1, 0.15) is 5.56 Å². The summed E-state index contributed by atoms with van der Waals surface area (Å²) in [5.74, 6) is 1.89. The lowest BCUT2D eigenvalue weighted by Crippen LogP contribution is -1.94. The van der Waals surface area contributed by atoms with Gasteiger partial charge in [0, 0.05) is 10.0 Å². The Morgan fingerprint density at radius 2 is 1.78 bits per heavy atom. The summed E-state index contributed by atoms with van der Waals surface area (Å²) >= 11 is 3.36. The maximum atomic E-state index is 9.32. The van der Waals surface area contributed by atoms with Crippen LogP contribution in [-0.2, 0) is 6.61 Å². The zero-order valence-electron chi connectivity index (χ0n) is 9.89. The minimum absolute atomic E-state index is 0.0794. The molecule has 1 N–H and O–H groups in total. The Morgan fingerprint density at radius 3 is 2.44 bits per heavy atom. The van der Waals surface area contributed by atoms with Gasteiger partial charge in [0.1, 0.15) is 5.75 Å². The van der Waals surface area contributed by atoms with E-state index in [1.54, 1.807) is 7.11 Å². The number of hydrogen-bond acceptors (Lipinski definition) is 3. The molecule has 0 fully saturated rings. The molecule has 0 aliphatic heterocycles. The van der Waals surface area contributed by atoms with Crippen molar-refractivity contribution >= 4 is 15.9 Å². The molecule has 0 amide bonds. The molecule has 2 aromatic carbocycles. The van der Waals surface area contributed by atoms with Gasteiger partial charge in [-0.1, -0.05) is 28.1 Å². The van der Waals surface area contributed by atoms with E-state index in [1.165, 1.54) is 0 Å². The summed E-state index contributed by atoms with van der Waals surface area (Å²) < 4.78 is 11.9. The van der Waals surface area contributed by atoms with Crippen LogP contribution in [0.4, 0.5) is 0 Å². The SMILES string of the molecule is COc1ccccc1Oc1ccc(Br)cc1CO. The number of benzene rings is 2. The molecule has 0 bridgehead atoms. The third-order valence-electron chi connectivity index (χ3n) is 2.48. The van der Waals surface area contributed by atoms with Gasteiger partial charge < -0.3 is 14.6 Å². The summed E-state index contributed by atoms with van der Waals surface area (Å²) in [5, 5.41) is 9.32. The van der Waals surface area contributed by atoms with Crippen LogP contribution in [0, 0.1) is 0 Å². The van der Waals surface area contributed by atoms with Crippen molar-refractivity contribution in [2.75, 3.05) is 7.11 Å². The molecule has 94 valence electrons. The molecule has 3 nitrogen and oxygen atoms in total. The number of hydrogen-bond donors (Lipinski definition) is 1. The number of aliphatic hydroxyl groups is 1. The van der Waals surface area contributed by atoms with E-state index in [-0.39, 0.29) is 6.61 Å². The molecule has 0 radical (unpaired) electrons. The number of ether oxygens (including phenoxy) is 2. The van der Waals surface area contributed by atoms with Crippen LogP contribution in [0.2, 0.25) is 0 Å². The summed E-state index contributed by atoms with van der Waals surface area (Å²) in [4.78, 5) is 0. The molecule has 2 aromatic rings. The van der Waals surface area contributed by atoms with Gasteiger partial charge in [0.05, 0.1) is 13.7 Å². The average molecular weight is 309 g/mol. The van der Waals surface area contributed by atoms with Crippen LogP contribution in [0.25, 0.3) is 0 Å². The lowest BCUT2D eigenvalue weighted by Gasteiger charge is -2.12. The standard InChI is InChI=1S/C14H13BrO3/c1-17-13-4-2-3-5-14(13)18-12-7-6-11(15)8-10(12)9-16/h2-8,16H,9H2,1H3. The fourth-order valence-electron chi connectivity index (χ4n) is 1.59. The van der Waals surface area contributed by atoms with Crippen LogP contribution in [-0.4, -0.2) is 12.2 Å². The third-order valence-corrected chi connectivity index (χ3v) is 2.98. The van der Waals surface area contributed by atoms with Crippen LogP contribution < -0.4 is 9.47 Å². The largest absolute Gasteiger partial charge is 0.493 e. The first-order valence-corrected chi connectivity index (χ1v) is 6.24. The molecule has 0 atom stereocenters. The van der Waals surface area contributed by atoms with E-state index in [0.717, 1.165) is 10.0 Å². The molecule has 4 heteroatoms. The van der Waals surface area contributed by atoms with Crippen LogP contribution >= 0.6 is 15.9 Å². The predicted molar refractivity (Wildman–Crippen MR) is 73.1 cm³/mol. The van der Waals surface area contributed by atoms with Crippen molar-refractivity contribution in [2.45, 2.75) is 6.61 Å². The van der Waals surface area contributed by atoms with Crippen molar-refractivity contribution in [1.82, 2.24) is 0 Å². The highest BCUT2D eigenvalue weighted by Crippen LogP contribution is 2.33. The first-order valence-electron chi connectivity index (χ1n) is 5.44. The minimum atomic E-state index is -0.0794. The molecule has 0 spiro atoms. The van der Waals surface area contributed by atoms with E-state index < -0.39 is 0 Å². The number of halogens is 1. The second-order valence-electron chi connectivity index (χ2n) is 3.66. The lowest BCUT2D eigenvalue weighted by molar-refractivity contribution is 0.275. The quantitative estimate of drug-likeness (QED) is 0.935. The monoisotopic (exact) mass is 308 g/mol. The van der Waals surface area contributed by atoms with Crippen LogP contribution in [0.15, 0.2) is 46.9 Å². The molecule has 0 aliphatic carbocycles. The fraction of sp³-hybridized carbons (Fsp3) is 0.143. The Kier molecular flexibility index (Phi) is 4.23. The van der Waals surface area contributed by atoms with Gasteiger partial charge in [-0.3, -0.25) is 0 Å². The molecule has 2 rings (SSSR count). The second-order valence-corrected chi connectivity index (χ2v) is 4.58. The molecular formula is C14H13BrO3. The molecule has 0 unspecified atom stereocenters. The van der Waals surface area contributed by atoms with Crippen molar-refractivity contribution < 1.29 is 14.6 Å². The van der Waals surface area contributed by atoms with Gasteiger partial charge >= 0.3 is 0 Å². The Bertz CT molecular complexity index is 540. The summed E-state index contributed by atoms with van der Waals surface area (Å²) in [7, 11) is 1.59. The topological polar surface area (TPSA) is 38.7 Å². The van der Waals surface area contributed by atoms with E-state index in [2.05, 4.69) is 15.9 Å². The smallest absolute Gasteiger partial charge is 0.169 e. The van der Waals surface area contributed by atoms with E-state index in [9.17, 15) is 5.11 Å². The van der Waals surface area contributed by atoms with Crippen LogP contribution in [0.3, 0.4) is 0 Å². The highest BCUT2D eigenvalue weighted by Gasteiger charge is 2.08. The van der Waals surface area contributed by atoms with E-state index in [0.29, 0.717) is 17.2 Å². The lowest BCUT2D eigenvalue weighted by atomic mass is 10.2. The Hall–Kier alpha value is -1.52. The van der Waals surface area contributed by atoms with E-state index >= 15 is 0 Å². The van der Waals surface area contributed by atoms with Crippen molar-refractivity contribution in [3.8, 4) is 17.2 Å². The summed E-state index contributed by atoms with van der Waals surface area (Å²) in [6, 6.07) is 12.9. The fourth-order valence-corrected chi connectivity index (χ4v) is 2.00. The summed E-state index contributed by atoms with van der Waals surface area (Å²) in [6.07, 6.45) is 0. The zero-order valence-corrected chi connectivity index (χ0v) is 11.5. The number of rotatable bonds is 4. The van der Waals surface area contributed by atoms with Gasteiger partial charge in [0.15, 0.2) is 11.5 Å². The maximum Gasteiger partial charge on any atom is 0.169 e. The molecule has 0 aliphatic rings. The van der Waals surface area contributed by atoms with Gasteiger partial charge in [-0.15, -0.1) is 0 Å². The van der Waals surface area contributed by atoms with Crippen molar-refractivity contribution in [3.05, 3.63) is 52.5 Å². The first-order chi connectivity index (χ1) is 8.74.